The molecular weight excluding hydrogens is 280 g/mol. The first-order valence-corrected chi connectivity index (χ1v) is 6.41. The Bertz CT molecular complexity index is 513. The molecule has 0 unspecified atom stereocenters. The number of alkyl halides is 2. The molecule has 0 saturated carbocycles. The predicted octanol–water partition coefficient (Wildman–Crippen LogP) is 2.14. The zero-order valence-corrected chi connectivity index (χ0v) is 12.2. The van der Waals surface area contributed by atoms with E-state index in [4.69, 9.17) is 4.74 Å². The Morgan fingerprint density at radius 2 is 2.14 bits per heavy atom. The maximum Gasteiger partial charge on any atom is 0.264 e. The summed E-state index contributed by atoms with van der Waals surface area (Å²) in [6.45, 7) is 3.32. The number of nitrogens with zero attached hydrogens (tertiary/aromatic N) is 1. The van der Waals surface area contributed by atoms with Crippen LogP contribution in [0.2, 0.25) is 0 Å². The molecule has 1 heterocycles. The molecule has 0 aliphatic rings. The topological polar surface area (TPSA) is 63.2 Å². The lowest BCUT2D eigenvalue weighted by Crippen LogP contribution is -2.27. The number of pyridine rings is 1. The second-order valence-corrected chi connectivity index (χ2v) is 4.55. The average Bonchev–Trinajstić information content (AvgIpc) is 2.40. The summed E-state index contributed by atoms with van der Waals surface area (Å²) in [6.07, 6.45) is 1.40. The molecule has 5 nitrogen and oxygen atoms in total. The van der Waals surface area contributed by atoms with Crippen LogP contribution in [0.5, 0.6) is 5.88 Å². The highest BCUT2D eigenvalue weighted by Crippen LogP contribution is 2.16. The van der Waals surface area contributed by atoms with E-state index in [-0.39, 0.29) is 0 Å². The summed E-state index contributed by atoms with van der Waals surface area (Å²) in [6, 6.07) is 3.56. The molecular formula is C14H19F2N3O2. The quantitative estimate of drug-likeness (QED) is 0.598. The number of hydrogen-bond acceptors (Lipinski definition) is 4. The van der Waals surface area contributed by atoms with Crippen LogP contribution in [0, 0.1) is 6.92 Å². The fraction of sp³-hybridized carbons (Fsp3) is 0.429. The number of carbonyl (C=O) groups excluding carboxylic acids is 1. The van der Waals surface area contributed by atoms with Crippen molar-refractivity contribution < 1.29 is 18.3 Å². The molecule has 7 heteroatoms. The number of hydrogen-bond donors (Lipinski definition) is 2. The van der Waals surface area contributed by atoms with Crippen molar-refractivity contribution in [3.63, 3.8) is 0 Å². The molecule has 116 valence electrons. The first-order valence-electron chi connectivity index (χ1n) is 6.41. The number of carbonyl (C=O) groups is 1. The van der Waals surface area contributed by atoms with Gasteiger partial charge in [-0.25, -0.2) is 13.8 Å². The molecule has 0 spiro atoms. The highest BCUT2D eigenvalue weighted by molar-refractivity contribution is 5.87. The summed E-state index contributed by atoms with van der Waals surface area (Å²) in [5.74, 6) is -3.04. The predicted molar refractivity (Wildman–Crippen MR) is 76.8 cm³/mol. The second-order valence-electron chi connectivity index (χ2n) is 4.55. The number of methoxy groups -OCH3 is 1. The summed E-state index contributed by atoms with van der Waals surface area (Å²) in [7, 11) is 1.53. The van der Waals surface area contributed by atoms with Gasteiger partial charge in [-0.15, -0.1) is 0 Å². The number of amides is 1. The van der Waals surface area contributed by atoms with Gasteiger partial charge in [0.05, 0.1) is 7.11 Å². The normalized spacial score (nSPS) is 11.5. The van der Waals surface area contributed by atoms with Gasteiger partial charge in [0.25, 0.3) is 5.92 Å². The summed E-state index contributed by atoms with van der Waals surface area (Å²) < 4.78 is 30.1. The summed E-state index contributed by atoms with van der Waals surface area (Å²) in [5.41, 5.74) is 1.61. The van der Waals surface area contributed by atoms with Gasteiger partial charge in [-0.2, -0.15) is 0 Å². The van der Waals surface area contributed by atoms with Gasteiger partial charge in [-0.05, 0) is 19.1 Å². The zero-order chi connectivity index (χ0) is 15.9. The van der Waals surface area contributed by atoms with Gasteiger partial charge >= 0.3 is 0 Å². The van der Waals surface area contributed by atoms with E-state index in [0.29, 0.717) is 25.0 Å². The van der Waals surface area contributed by atoms with Gasteiger partial charge < -0.3 is 15.4 Å². The monoisotopic (exact) mass is 299 g/mol. The number of halogens is 2. The van der Waals surface area contributed by atoms with Crippen LogP contribution in [-0.2, 0) is 4.79 Å². The molecule has 0 saturated heterocycles. The largest absolute Gasteiger partial charge is 0.481 e. The van der Waals surface area contributed by atoms with Crippen LogP contribution < -0.4 is 15.4 Å². The third-order valence-electron chi connectivity index (χ3n) is 2.42. The number of nitrogens with one attached hydrogen (secondary N) is 2. The van der Waals surface area contributed by atoms with Crippen LogP contribution in [0.4, 0.5) is 14.5 Å². The van der Waals surface area contributed by atoms with E-state index in [2.05, 4.69) is 15.6 Å². The fourth-order valence-electron chi connectivity index (χ4n) is 1.52. The third-order valence-corrected chi connectivity index (χ3v) is 2.42. The second kappa shape index (κ2) is 7.56. The van der Waals surface area contributed by atoms with E-state index >= 15 is 0 Å². The minimum absolute atomic E-state index is 0.308. The fourth-order valence-corrected chi connectivity index (χ4v) is 1.52. The van der Waals surface area contributed by atoms with Gasteiger partial charge in [0.2, 0.25) is 11.8 Å². The van der Waals surface area contributed by atoms with Crippen LogP contribution >= 0.6 is 0 Å². The average molecular weight is 299 g/mol. The van der Waals surface area contributed by atoms with Gasteiger partial charge in [-0.1, -0.05) is 0 Å². The van der Waals surface area contributed by atoms with E-state index < -0.39 is 11.8 Å². The van der Waals surface area contributed by atoms with Crippen LogP contribution in [0.15, 0.2) is 24.3 Å². The maximum absolute atomic E-state index is 12.5. The molecule has 0 aliphatic carbocycles. The van der Waals surface area contributed by atoms with Gasteiger partial charge in [0.15, 0.2) is 0 Å². The lowest BCUT2D eigenvalue weighted by atomic mass is 10.3. The lowest BCUT2D eigenvalue weighted by Gasteiger charge is -2.09. The van der Waals surface area contributed by atoms with Gasteiger partial charge in [0, 0.05) is 43.5 Å². The SMILES string of the molecule is COc1cc(NCCNC(=O)C=CC(C)(F)F)cc(C)n1. The number of rotatable bonds is 7. The highest BCUT2D eigenvalue weighted by Gasteiger charge is 2.15. The molecule has 1 aromatic heterocycles. The van der Waals surface area contributed by atoms with Crippen molar-refractivity contribution in [2.45, 2.75) is 19.8 Å². The van der Waals surface area contributed by atoms with Crippen molar-refractivity contribution in [3.8, 4) is 5.88 Å². The molecule has 0 aliphatic heterocycles. The third kappa shape index (κ3) is 7.24. The Morgan fingerprint density at radius 1 is 1.43 bits per heavy atom. The van der Waals surface area contributed by atoms with Crippen molar-refractivity contribution in [1.82, 2.24) is 10.3 Å². The van der Waals surface area contributed by atoms with E-state index in [0.717, 1.165) is 24.4 Å². The highest BCUT2D eigenvalue weighted by atomic mass is 19.3. The minimum atomic E-state index is -2.99. The first-order chi connectivity index (χ1) is 9.80. The molecule has 0 radical (unpaired) electrons. The maximum atomic E-state index is 12.5. The zero-order valence-electron chi connectivity index (χ0n) is 12.2. The molecule has 1 rings (SSSR count). The molecule has 1 aromatic rings. The number of allylic oxidation sites excluding steroid dienone is 1. The van der Waals surface area contributed by atoms with Crippen LogP contribution in [0.1, 0.15) is 12.6 Å². The van der Waals surface area contributed by atoms with Crippen molar-refractivity contribution in [3.05, 3.63) is 30.0 Å². The smallest absolute Gasteiger partial charge is 0.264 e. The van der Waals surface area contributed by atoms with Crippen molar-refractivity contribution in [2.24, 2.45) is 0 Å². The summed E-state index contributed by atoms with van der Waals surface area (Å²) in [4.78, 5) is 15.4. The number of aromatic nitrogens is 1. The summed E-state index contributed by atoms with van der Waals surface area (Å²) in [5, 5.41) is 5.58. The molecule has 0 atom stereocenters. The van der Waals surface area contributed by atoms with Crippen molar-refractivity contribution >= 4 is 11.6 Å². The number of ether oxygens (including phenoxy) is 1. The number of anilines is 1. The summed E-state index contributed by atoms with van der Waals surface area (Å²) >= 11 is 0. The van der Waals surface area contributed by atoms with Gasteiger partial charge in [-0.3, -0.25) is 4.79 Å². The van der Waals surface area contributed by atoms with E-state index in [1.165, 1.54) is 7.11 Å². The van der Waals surface area contributed by atoms with Crippen molar-refractivity contribution in [1.29, 1.82) is 0 Å². The van der Waals surface area contributed by atoms with Crippen LogP contribution in [0.25, 0.3) is 0 Å². The standard InChI is InChI=1S/C14H19F2N3O2/c1-10-8-11(9-13(19-10)21-3)17-6-7-18-12(20)4-5-14(2,15)16/h4-5,8-9H,6-7H2,1-3H3,(H,17,19)(H,18,20). The Balaban J connectivity index is 2.36. The molecule has 0 aromatic carbocycles. The Morgan fingerprint density at radius 3 is 2.76 bits per heavy atom. The Kier molecular flexibility index (Phi) is 6.08. The van der Waals surface area contributed by atoms with E-state index in [9.17, 15) is 13.6 Å². The lowest BCUT2D eigenvalue weighted by molar-refractivity contribution is -0.116. The first kappa shape index (κ1) is 16.9. The molecule has 21 heavy (non-hydrogen) atoms. The minimum Gasteiger partial charge on any atom is -0.481 e. The van der Waals surface area contributed by atoms with Crippen LogP contribution in [0.3, 0.4) is 0 Å². The molecule has 1 amide bonds. The Labute approximate surface area is 122 Å². The number of aryl methyl sites for hydroxylation is 1. The van der Waals surface area contributed by atoms with Crippen molar-refractivity contribution in [2.75, 3.05) is 25.5 Å². The van der Waals surface area contributed by atoms with Crippen LogP contribution in [-0.4, -0.2) is 37.0 Å². The van der Waals surface area contributed by atoms with E-state index in [1.807, 2.05) is 13.0 Å². The molecule has 2 N–H and O–H groups in total. The molecule has 0 fully saturated rings. The Hall–Kier alpha value is -2.18. The van der Waals surface area contributed by atoms with E-state index in [1.54, 1.807) is 6.07 Å². The molecule has 0 bridgehead atoms. The van der Waals surface area contributed by atoms with Gasteiger partial charge in [0.1, 0.15) is 0 Å².